The average Bonchev–Trinajstić information content (AvgIpc) is 2.20. The van der Waals surface area contributed by atoms with Crippen molar-refractivity contribution in [3.63, 3.8) is 0 Å². The molecule has 0 heterocycles. The number of nitro groups is 1. The Morgan fingerprint density at radius 3 is 2.80 bits per heavy atom. The van der Waals surface area contributed by atoms with Crippen LogP contribution in [0, 0.1) is 10.1 Å². The maximum absolute atomic E-state index is 10.6. The molecule has 0 unspecified atom stereocenters. The lowest BCUT2D eigenvalue weighted by Crippen LogP contribution is -1.97. The van der Waals surface area contributed by atoms with Crippen LogP contribution in [0.15, 0.2) is 17.3 Å². The van der Waals surface area contributed by atoms with E-state index in [2.05, 4.69) is 5.16 Å². The maximum Gasteiger partial charge on any atom is 0.288 e. The molecule has 1 aromatic rings. The summed E-state index contributed by atoms with van der Waals surface area (Å²) in [5.74, 6) is 0. The molecule has 15 heavy (non-hydrogen) atoms. The summed E-state index contributed by atoms with van der Waals surface area (Å²) >= 11 is 5.82. The van der Waals surface area contributed by atoms with Crippen LogP contribution in [0.4, 0.5) is 5.69 Å². The molecule has 0 fully saturated rings. The fraction of sp³-hybridized carbons (Fsp3) is 0.222. The largest absolute Gasteiger partial charge is 0.411 e. The lowest BCUT2D eigenvalue weighted by molar-refractivity contribution is -0.384. The van der Waals surface area contributed by atoms with Gasteiger partial charge in [-0.3, -0.25) is 10.1 Å². The molecule has 1 N–H and O–H groups in total. The third-order valence-corrected chi connectivity index (χ3v) is 2.41. The average molecular weight is 229 g/mol. The van der Waals surface area contributed by atoms with E-state index < -0.39 is 4.92 Å². The summed E-state index contributed by atoms with van der Waals surface area (Å²) in [4.78, 5) is 10.0. The van der Waals surface area contributed by atoms with Gasteiger partial charge in [-0.15, -0.1) is 0 Å². The first-order valence-corrected chi connectivity index (χ1v) is 4.62. The molecular weight excluding hydrogens is 220 g/mol. The van der Waals surface area contributed by atoms with Crippen molar-refractivity contribution in [3.05, 3.63) is 38.4 Å². The number of benzene rings is 1. The summed E-state index contributed by atoms with van der Waals surface area (Å²) in [5, 5.41) is 21.9. The van der Waals surface area contributed by atoms with Gasteiger partial charge in [-0.1, -0.05) is 29.7 Å². The van der Waals surface area contributed by atoms with Crippen molar-refractivity contribution in [2.24, 2.45) is 5.16 Å². The number of hydrogen-bond donors (Lipinski definition) is 1. The Balaban J connectivity index is 3.42. The van der Waals surface area contributed by atoms with E-state index in [0.29, 0.717) is 12.0 Å². The van der Waals surface area contributed by atoms with Gasteiger partial charge in [-0.05, 0) is 12.0 Å². The van der Waals surface area contributed by atoms with Gasteiger partial charge in [0.15, 0.2) is 0 Å². The quantitative estimate of drug-likeness (QED) is 0.374. The SMILES string of the molecule is CCc1ccc([N+](=O)[O-])c(Cl)c1/C=N/O. The van der Waals surface area contributed by atoms with E-state index in [1.807, 2.05) is 6.92 Å². The highest BCUT2D eigenvalue weighted by atomic mass is 35.5. The fourth-order valence-electron chi connectivity index (χ4n) is 1.27. The van der Waals surface area contributed by atoms with Gasteiger partial charge in [0.2, 0.25) is 0 Å². The second-order valence-electron chi connectivity index (χ2n) is 2.83. The van der Waals surface area contributed by atoms with Gasteiger partial charge >= 0.3 is 0 Å². The van der Waals surface area contributed by atoms with Crippen LogP contribution in [-0.2, 0) is 6.42 Å². The summed E-state index contributed by atoms with van der Waals surface area (Å²) in [7, 11) is 0. The maximum atomic E-state index is 10.6. The summed E-state index contributed by atoms with van der Waals surface area (Å²) in [6, 6.07) is 2.94. The molecule has 6 heteroatoms. The summed E-state index contributed by atoms with van der Waals surface area (Å²) in [6.07, 6.45) is 1.76. The number of nitro benzene ring substituents is 1. The van der Waals surface area contributed by atoms with E-state index in [0.717, 1.165) is 11.8 Å². The Bertz CT molecular complexity index is 418. The minimum absolute atomic E-state index is 0.00264. The number of oxime groups is 1. The Morgan fingerprint density at radius 1 is 1.67 bits per heavy atom. The molecule has 1 rings (SSSR count). The Morgan fingerprint density at radius 2 is 2.33 bits per heavy atom. The Hall–Kier alpha value is -1.62. The zero-order valence-corrected chi connectivity index (χ0v) is 8.73. The number of rotatable bonds is 3. The lowest BCUT2D eigenvalue weighted by atomic mass is 10.1. The van der Waals surface area contributed by atoms with Crippen LogP contribution < -0.4 is 0 Å². The minimum atomic E-state index is -0.573. The van der Waals surface area contributed by atoms with Gasteiger partial charge < -0.3 is 5.21 Å². The topological polar surface area (TPSA) is 75.7 Å². The molecule has 0 aliphatic rings. The van der Waals surface area contributed by atoms with E-state index in [1.54, 1.807) is 6.07 Å². The third-order valence-electron chi connectivity index (χ3n) is 2.01. The van der Waals surface area contributed by atoms with Crippen molar-refractivity contribution in [2.75, 3.05) is 0 Å². The fourth-order valence-corrected chi connectivity index (χ4v) is 1.57. The molecule has 0 saturated heterocycles. The molecule has 0 spiro atoms. The van der Waals surface area contributed by atoms with Crippen LogP contribution in [0.3, 0.4) is 0 Å². The predicted molar refractivity (Wildman–Crippen MR) is 56.9 cm³/mol. The smallest absolute Gasteiger partial charge is 0.288 e. The lowest BCUT2D eigenvalue weighted by Gasteiger charge is -2.04. The predicted octanol–water partition coefficient (Wildman–Crippen LogP) is 2.62. The van der Waals surface area contributed by atoms with Gasteiger partial charge in [0.1, 0.15) is 5.02 Å². The Kier molecular flexibility index (Phi) is 3.62. The molecule has 0 aromatic heterocycles. The Labute approximate surface area is 91.1 Å². The summed E-state index contributed by atoms with van der Waals surface area (Å²) in [5.41, 5.74) is 0.989. The molecule has 0 aliphatic heterocycles. The zero-order valence-electron chi connectivity index (χ0n) is 7.98. The molecule has 1 aromatic carbocycles. The zero-order chi connectivity index (χ0) is 11.4. The second kappa shape index (κ2) is 4.75. The van der Waals surface area contributed by atoms with Gasteiger partial charge in [-0.25, -0.2) is 0 Å². The van der Waals surface area contributed by atoms with E-state index in [4.69, 9.17) is 16.8 Å². The third kappa shape index (κ3) is 2.24. The standard InChI is InChI=1S/C9H9ClN2O3/c1-2-6-3-4-8(12(14)15)9(10)7(6)5-11-13/h3-5,13H,2H2,1H3/b11-5+. The molecule has 0 bridgehead atoms. The van der Waals surface area contributed by atoms with Gasteiger partial charge in [0.25, 0.3) is 5.69 Å². The minimum Gasteiger partial charge on any atom is -0.411 e. The van der Waals surface area contributed by atoms with Gasteiger partial charge in [0.05, 0.1) is 11.1 Å². The molecule has 0 saturated carbocycles. The van der Waals surface area contributed by atoms with Gasteiger partial charge in [-0.2, -0.15) is 0 Å². The van der Waals surface area contributed by atoms with E-state index >= 15 is 0 Å². The molecule has 0 radical (unpaired) electrons. The van der Waals surface area contributed by atoms with Crippen LogP contribution in [0.2, 0.25) is 5.02 Å². The highest BCUT2D eigenvalue weighted by molar-refractivity contribution is 6.35. The van der Waals surface area contributed by atoms with Crippen LogP contribution in [0.25, 0.3) is 0 Å². The normalized spacial score (nSPS) is 10.8. The molecular formula is C9H9ClN2O3. The van der Waals surface area contributed by atoms with Crippen LogP contribution >= 0.6 is 11.6 Å². The number of halogens is 1. The van der Waals surface area contributed by atoms with Crippen molar-refractivity contribution < 1.29 is 10.1 Å². The molecule has 0 amide bonds. The van der Waals surface area contributed by atoms with E-state index in [-0.39, 0.29) is 10.7 Å². The van der Waals surface area contributed by atoms with Gasteiger partial charge in [0, 0.05) is 11.6 Å². The summed E-state index contributed by atoms with van der Waals surface area (Å²) in [6.45, 7) is 1.88. The highest BCUT2D eigenvalue weighted by Crippen LogP contribution is 2.29. The number of hydrogen-bond acceptors (Lipinski definition) is 4. The van der Waals surface area contributed by atoms with Crippen LogP contribution in [0.1, 0.15) is 18.1 Å². The van der Waals surface area contributed by atoms with Crippen molar-refractivity contribution in [2.45, 2.75) is 13.3 Å². The number of nitrogens with zero attached hydrogens (tertiary/aromatic N) is 2. The van der Waals surface area contributed by atoms with E-state index in [9.17, 15) is 10.1 Å². The van der Waals surface area contributed by atoms with Crippen LogP contribution in [0.5, 0.6) is 0 Å². The second-order valence-corrected chi connectivity index (χ2v) is 3.20. The first-order valence-electron chi connectivity index (χ1n) is 4.25. The first kappa shape index (κ1) is 11.5. The summed E-state index contributed by atoms with van der Waals surface area (Å²) < 4.78 is 0. The van der Waals surface area contributed by atoms with Crippen molar-refractivity contribution in [1.82, 2.24) is 0 Å². The monoisotopic (exact) mass is 228 g/mol. The molecule has 5 nitrogen and oxygen atoms in total. The molecule has 0 aliphatic carbocycles. The van der Waals surface area contributed by atoms with E-state index in [1.165, 1.54) is 6.07 Å². The molecule has 0 atom stereocenters. The van der Waals surface area contributed by atoms with Crippen molar-refractivity contribution in [3.8, 4) is 0 Å². The van der Waals surface area contributed by atoms with Crippen LogP contribution in [-0.4, -0.2) is 16.3 Å². The van der Waals surface area contributed by atoms with Crippen molar-refractivity contribution in [1.29, 1.82) is 0 Å². The molecule has 80 valence electrons. The number of aryl methyl sites for hydroxylation is 1. The first-order chi connectivity index (χ1) is 7.11. The highest BCUT2D eigenvalue weighted by Gasteiger charge is 2.17. The van der Waals surface area contributed by atoms with Crippen molar-refractivity contribution >= 4 is 23.5 Å².